The van der Waals surface area contributed by atoms with Gasteiger partial charge in [0.05, 0.1) is 4.88 Å². The summed E-state index contributed by atoms with van der Waals surface area (Å²) in [6, 6.07) is 13.6. The lowest BCUT2D eigenvalue weighted by Gasteiger charge is -1.96. The van der Waals surface area contributed by atoms with Gasteiger partial charge in [0.1, 0.15) is 10.9 Å². The van der Waals surface area contributed by atoms with Crippen molar-refractivity contribution in [2.75, 3.05) is 6.26 Å². The minimum Gasteiger partial charge on any atom is -0.333 e. The average Bonchev–Trinajstić information content (AvgIpc) is 3.16. The first kappa shape index (κ1) is 12.9. The van der Waals surface area contributed by atoms with Crippen molar-refractivity contribution < 1.29 is 4.52 Å². The molecule has 0 saturated carbocycles. The Bertz CT molecular complexity index is 768. The number of rotatable bonds is 3. The van der Waals surface area contributed by atoms with Crippen molar-refractivity contribution in [2.24, 2.45) is 0 Å². The van der Waals surface area contributed by atoms with E-state index in [1.54, 1.807) is 17.8 Å². The van der Waals surface area contributed by atoms with Crippen LogP contribution in [0.4, 0.5) is 0 Å². The molecule has 0 aliphatic rings. The van der Waals surface area contributed by atoms with E-state index in [0.717, 1.165) is 10.4 Å². The van der Waals surface area contributed by atoms with Gasteiger partial charge in [-0.1, -0.05) is 5.16 Å². The molecule has 0 aliphatic heterocycles. The molecule has 0 radical (unpaired) electrons. The van der Waals surface area contributed by atoms with Gasteiger partial charge in [-0.15, -0.1) is 23.1 Å². The Hall–Kier alpha value is -2.10. The first-order valence-corrected chi connectivity index (χ1v) is 7.83. The number of nitriles is 1. The quantitative estimate of drug-likeness (QED) is 0.682. The van der Waals surface area contributed by atoms with Gasteiger partial charge in [0.2, 0.25) is 5.82 Å². The molecular weight excluding hydrogens is 290 g/mol. The van der Waals surface area contributed by atoms with Crippen molar-refractivity contribution in [1.82, 2.24) is 10.1 Å². The number of thiophene rings is 1. The molecule has 4 nitrogen and oxygen atoms in total. The monoisotopic (exact) mass is 299 g/mol. The van der Waals surface area contributed by atoms with E-state index in [9.17, 15) is 0 Å². The maximum Gasteiger partial charge on any atom is 0.268 e. The van der Waals surface area contributed by atoms with Gasteiger partial charge in [0, 0.05) is 10.5 Å². The lowest BCUT2D eigenvalue weighted by atomic mass is 10.2. The third-order valence-electron chi connectivity index (χ3n) is 2.70. The minimum absolute atomic E-state index is 0.445. The standard InChI is InChI=1S/C14H9N3OS2/c1-19-10-4-2-9(3-5-10)13-16-14(18-17-13)12-7-6-11(8-15)20-12/h2-7H,1H3. The molecule has 6 heteroatoms. The van der Waals surface area contributed by atoms with Crippen molar-refractivity contribution >= 4 is 23.1 Å². The van der Waals surface area contributed by atoms with E-state index >= 15 is 0 Å². The van der Waals surface area contributed by atoms with E-state index in [4.69, 9.17) is 9.78 Å². The summed E-state index contributed by atoms with van der Waals surface area (Å²) in [6.45, 7) is 0. The lowest BCUT2D eigenvalue weighted by Crippen LogP contribution is -1.80. The Labute approximate surface area is 124 Å². The maximum atomic E-state index is 8.82. The van der Waals surface area contributed by atoms with Crippen molar-refractivity contribution in [3.05, 3.63) is 41.3 Å². The predicted molar refractivity (Wildman–Crippen MR) is 79.5 cm³/mol. The highest BCUT2D eigenvalue weighted by Crippen LogP contribution is 2.28. The van der Waals surface area contributed by atoms with Crippen LogP contribution in [0.5, 0.6) is 0 Å². The van der Waals surface area contributed by atoms with Crippen LogP contribution in [0.3, 0.4) is 0 Å². The van der Waals surface area contributed by atoms with E-state index in [-0.39, 0.29) is 0 Å². The number of benzene rings is 1. The Morgan fingerprint density at radius 3 is 2.65 bits per heavy atom. The molecule has 20 heavy (non-hydrogen) atoms. The molecular formula is C14H9N3OS2. The summed E-state index contributed by atoms with van der Waals surface area (Å²) in [6.07, 6.45) is 2.03. The SMILES string of the molecule is CSc1ccc(-c2noc(-c3ccc(C#N)s3)n2)cc1. The Kier molecular flexibility index (Phi) is 3.54. The van der Waals surface area contributed by atoms with Crippen LogP contribution in [0.25, 0.3) is 22.2 Å². The molecule has 3 aromatic rings. The highest BCUT2D eigenvalue weighted by molar-refractivity contribution is 7.98. The lowest BCUT2D eigenvalue weighted by molar-refractivity contribution is 0.433. The van der Waals surface area contributed by atoms with Crippen molar-refractivity contribution in [3.63, 3.8) is 0 Å². The second-order valence-electron chi connectivity index (χ2n) is 3.93. The largest absolute Gasteiger partial charge is 0.333 e. The van der Waals surface area contributed by atoms with E-state index in [1.807, 2.05) is 36.6 Å². The average molecular weight is 299 g/mol. The summed E-state index contributed by atoms with van der Waals surface area (Å²) >= 11 is 3.03. The van der Waals surface area contributed by atoms with Crippen LogP contribution in [-0.2, 0) is 0 Å². The van der Waals surface area contributed by atoms with E-state index in [1.165, 1.54) is 16.2 Å². The van der Waals surface area contributed by atoms with E-state index in [0.29, 0.717) is 16.6 Å². The summed E-state index contributed by atoms with van der Waals surface area (Å²) in [4.78, 5) is 6.99. The molecule has 1 aromatic carbocycles. The molecule has 2 heterocycles. The van der Waals surface area contributed by atoms with Crippen LogP contribution in [0.2, 0.25) is 0 Å². The molecule has 0 amide bonds. The maximum absolute atomic E-state index is 8.82. The molecule has 0 saturated heterocycles. The third-order valence-corrected chi connectivity index (χ3v) is 4.42. The minimum atomic E-state index is 0.445. The number of thioether (sulfide) groups is 1. The van der Waals surface area contributed by atoms with Crippen LogP contribution in [-0.4, -0.2) is 16.4 Å². The zero-order valence-electron chi connectivity index (χ0n) is 10.5. The van der Waals surface area contributed by atoms with Gasteiger partial charge in [0.25, 0.3) is 5.89 Å². The van der Waals surface area contributed by atoms with Crippen LogP contribution in [0.1, 0.15) is 4.88 Å². The Morgan fingerprint density at radius 2 is 2.00 bits per heavy atom. The fourth-order valence-electron chi connectivity index (χ4n) is 1.69. The van der Waals surface area contributed by atoms with Gasteiger partial charge in [-0.3, -0.25) is 0 Å². The molecule has 0 aliphatic carbocycles. The number of aromatic nitrogens is 2. The molecule has 0 atom stereocenters. The van der Waals surface area contributed by atoms with Gasteiger partial charge in [-0.25, -0.2) is 0 Å². The summed E-state index contributed by atoms with van der Waals surface area (Å²) in [5.41, 5.74) is 0.912. The van der Waals surface area contributed by atoms with Crippen LogP contribution < -0.4 is 0 Å². The second-order valence-corrected chi connectivity index (χ2v) is 5.89. The number of hydrogen-bond donors (Lipinski definition) is 0. The third kappa shape index (κ3) is 2.46. The Morgan fingerprint density at radius 1 is 1.20 bits per heavy atom. The predicted octanol–water partition coefficient (Wildman–Crippen LogP) is 4.06. The van der Waals surface area contributed by atoms with Gasteiger partial charge in [-0.05, 0) is 42.7 Å². The van der Waals surface area contributed by atoms with Crippen LogP contribution >= 0.6 is 23.1 Å². The van der Waals surface area contributed by atoms with Gasteiger partial charge < -0.3 is 4.52 Å². The highest BCUT2D eigenvalue weighted by Gasteiger charge is 2.12. The van der Waals surface area contributed by atoms with Crippen molar-refractivity contribution in [2.45, 2.75) is 4.90 Å². The normalized spacial score (nSPS) is 10.4. The summed E-state index contributed by atoms with van der Waals surface area (Å²) in [5, 5.41) is 12.8. The number of hydrogen-bond acceptors (Lipinski definition) is 6. The molecule has 0 unspecified atom stereocenters. The molecule has 0 spiro atoms. The van der Waals surface area contributed by atoms with Crippen LogP contribution in [0.15, 0.2) is 45.8 Å². The zero-order chi connectivity index (χ0) is 13.9. The molecule has 3 rings (SSSR count). The van der Waals surface area contributed by atoms with Crippen molar-refractivity contribution in [3.8, 4) is 28.2 Å². The first-order valence-electron chi connectivity index (χ1n) is 5.78. The second kappa shape index (κ2) is 5.49. The highest BCUT2D eigenvalue weighted by atomic mass is 32.2. The van der Waals surface area contributed by atoms with Crippen LogP contribution in [0, 0.1) is 11.3 Å². The topological polar surface area (TPSA) is 62.7 Å². The fourth-order valence-corrected chi connectivity index (χ4v) is 2.83. The summed E-state index contributed by atoms with van der Waals surface area (Å²) in [5.74, 6) is 1.00. The Balaban J connectivity index is 1.91. The van der Waals surface area contributed by atoms with Gasteiger partial charge >= 0.3 is 0 Å². The fraction of sp³-hybridized carbons (Fsp3) is 0.0714. The number of nitrogens with zero attached hydrogens (tertiary/aromatic N) is 3. The molecule has 98 valence electrons. The molecule has 0 fully saturated rings. The summed E-state index contributed by atoms with van der Waals surface area (Å²) in [7, 11) is 0. The molecule has 0 bridgehead atoms. The first-order chi connectivity index (χ1) is 9.80. The van der Waals surface area contributed by atoms with Crippen molar-refractivity contribution in [1.29, 1.82) is 5.26 Å². The molecule has 2 aromatic heterocycles. The van der Waals surface area contributed by atoms with Gasteiger partial charge in [0.15, 0.2) is 0 Å². The smallest absolute Gasteiger partial charge is 0.268 e. The summed E-state index contributed by atoms with van der Waals surface area (Å²) < 4.78 is 5.25. The molecule has 0 N–H and O–H groups in total. The van der Waals surface area contributed by atoms with E-state index in [2.05, 4.69) is 16.2 Å². The van der Waals surface area contributed by atoms with Gasteiger partial charge in [-0.2, -0.15) is 10.2 Å². The van der Waals surface area contributed by atoms with E-state index < -0.39 is 0 Å². The zero-order valence-corrected chi connectivity index (χ0v) is 12.2.